The first kappa shape index (κ1) is 23.1. The Labute approximate surface area is 180 Å². The lowest BCUT2D eigenvalue weighted by Gasteiger charge is -2.29. The number of sulfonamides is 1. The van der Waals surface area contributed by atoms with Crippen molar-refractivity contribution in [3.05, 3.63) is 53.6 Å². The lowest BCUT2D eigenvalue weighted by Crippen LogP contribution is -2.36. The second-order valence-electron chi connectivity index (χ2n) is 6.95. The first-order chi connectivity index (χ1) is 14.8. The Morgan fingerprint density at radius 3 is 2.35 bits per heavy atom. The van der Waals surface area contributed by atoms with E-state index in [2.05, 4.69) is 5.32 Å². The molecular formula is C21H25F2N3O4S. The van der Waals surface area contributed by atoms with E-state index < -0.39 is 33.1 Å². The number of nitrogens with one attached hydrogen (secondary N) is 1. The maximum absolute atomic E-state index is 14.6. The molecule has 1 heterocycles. The molecule has 0 radical (unpaired) electrons. The van der Waals surface area contributed by atoms with Crippen molar-refractivity contribution in [2.24, 2.45) is 0 Å². The number of halogens is 2. The second-order valence-corrected chi connectivity index (χ2v) is 8.89. The van der Waals surface area contributed by atoms with Crippen molar-refractivity contribution < 1.29 is 26.7 Å². The van der Waals surface area contributed by atoms with Gasteiger partial charge in [0.15, 0.2) is 0 Å². The van der Waals surface area contributed by atoms with E-state index in [4.69, 9.17) is 4.74 Å². The Kier molecular flexibility index (Phi) is 7.24. The summed E-state index contributed by atoms with van der Waals surface area (Å²) < 4.78 is 60.7. The zero-order valence-corrected chi connectivity index (χ0v) is 18.2. The third-order valence-electron chi connectivity index (χ3n) is 5.08. The van der Waals surface area contributed by atoms with Crippen LogP contribution in [0, 0.1) is 11.6 Å². The maximum atomic E-state index is 14.6. The van der Waals surface area contributed by atoms with E-state index in [0.717, 1.165) is 24.3 Å². The van der Waals surface area contributed by atoms with Crippen LogP contribution in [-0.4, -0.2) is 58.0 Å². The van der Waals surface area contributed by atoms with Gasteiger partial charge >= 0.3 is 0 Å². The summed E-state index contributed by atoms with van der Waals surface area (Å²) in [6.45, 7) is 5.98. The van der Waals surface area contributed by atoms with E-state index in [1.54, 1.807) is 13.8 Å². The standard InChI is InChI=1S/C21H25F2N3O4S/c1-3-26(4-2)31(28,29)16-6-7-18(22)17(14-16)21(27)24-15-5-8-20(19(23)13-15)25-9-11-30-12-10-25/h5-8,13-14H,3-4,9-12H2,1-2H3,(H,24,27). The molecule has 31 heavy (non-hydrogen) atoms. The van der Waals surface area contributed by atoms with Crippen LogP contribution in [0.1, 0.15) is 24.2 Å². The van der Waals surface area contributed by atoms with Gasteiger partial charge in [0.1, 0.15) is 11.6 Å². The van der Waals surface area contributed by atoms with Crippen LogP contribution in [0.3, 0.4) is 0 Å². The fourth-order valence-electron chi connectivity index (χ4n) is 3.40. The van der Waals surface area contributed by atoms with Crippen LogP contribution in [0.25, 0.3) is 0 Å². The number of morpholine rings is 1. The second kappa shape index (κ2) is 9.71. The van der Waals surface area contributed by atoms with E-state index >= 15 is 0 Å². The number of hydrogen-bond acceptors (Lipinski definition) is 5. The highest BCUT2D eigenvalue weighted by molar-refractivity contribution is 7.89. The van der Waals surface area contributed by atoms with E-state index in [1.165, 1.54) is 16.4 Å². The van der Waals surface area contributed by atoms with Crippen LogP contribution in [0.15, 0.2) is 41.3 Å². The van der Waals surface area contributed by atoms with Gasteiger partial charge in [0.2, 0.25) is 10.0 Å². The first-order valence-electron chi connectivity index (χ1n) is 10.0. The Morgan fingerprint density at radius 1 is 1.06 bits per heavy atom. The van der Waals surface area contributed by atoms with Crippen molar-refractivity contribution in [2.45, 2.75) is 18.7 Å². The molecule has 2 aromatic carbocycles. The molecule has 0 bridgehead atoms. The molecule has 1 aliphatic heterocycles. The molecule has 1 amide bonds. The molecule has 0 unspecified atom stereocenters. The third kappa shape index (κ3) is 5.03. The first-order valence-corrected chi connectivity index (χ1v) is 11.4. The fraction of sp³-hybridized carbons (Fsp3) is 0.381. The zero-order chi connectivity index (χ0) is 22.6. The number of carbonyl (C=O) groups excluding carboxylic acids is 1. The lowest BCUT2D eigenvalue weighted by atomic mass is 10.2. The Bertz CT molecular complexity index is 1050. The van der Waals surface area contributed by atoms with Crippen LogP contribution < -0.4 is 10.2 Å². The highest BCUT2D eigenvalue weighted by atomic mass is 32.2. The van der Waals surface area contributed by atoms with Crippen molar-refractivity contribution in [1.82, 2.24) is 4.31 Å². The molecule has 1 fully saturated rings. The molecule has 0 atom stereocenters. The summed E-state index contributed by atoms with van der Waals surface area (Å²) in [5.74, 6) is -2.27. The summed E-state index contributed by atoms with van der Waals surface area (Å²) in [5, 5.41) is 2.44. The van der Waals surface area contributed by atoms with Gasteiger partial charge in [-0.3, -0.25) is 4.79 Å². The SMILES string of the molecule is CCN(CC)S(=O)(=O)c1ccc(F)c(C(=O)Nc2ccc(N3CCOCC3)c(F)c2)c1. The van der Waals surface area contributed by atoms with Crippen molar-refractivity contribution in [3.63, 3.8) is 0 Å². The van der Waals surface area contributed by atoms with Crippen molar-refractivity contribution in [3.8, 4) is 0 Å². The number of anilines is 2. The summed E-state index contributed by atoms with van der Waals surface area (Å²) in [4.78, 5) is 14.3. The predicted octanol–water partition coefficient (Wildman–Crippen LogP) is 3.08. The third-order valence-corrected chi connectivity index (χ3v) is 7.13. The number of hydrogen-bond donors (Lipinski definition) is 1. The fourth-order valence-corrected chi connectivity index (χ4v) is 4.88. The molecule has 7 nitrogen and oxygen atoms in total. The highest BCUT2D eigenvalue weighted by Gasteiger charge is 2.24. The summed E-state index contributed by atoms with van der Waals surface area (Å²) >= 11 is 0. The van der Waals surface area contributed by atoms with Crippen molar-refractivity contribution in [2.75, 3.05) is 49.6 Å². The van der Waals surface area contributed by atoms with Gasteiger partial charge in [0, 0.05) is 31.9 Å². The van der Waals surface area contributed by atoms with Crippen LogP contribution in [0.2, 0.25) is 0 Å². The molecule has 0 spiro atoms. The molecular weight excluding hydrogens is 428 g/mol. The molecule has 0 aliphatic carbocycles. The van der Waals surface area contributed by atoms with Gasteiger partial charge in [0.05, 0.1) is 29.4 Å². The number of rotatable bonds is 7. The molecule has 1 aliphatic rings. The van der Waals surface area contributed by atoms with E-state index in [-0.39, 0.29) is 23.7 Å². The number of benzene rings is 2. The maximum Gasteiger partial charge on any atom is 0.258 e. The lowest BCUT2D eigenvalue weighted by molar-refractivity contribution is 0.102. The zero-order valence-electron chi connectivity index (χ0n) is 17.4. The Hall–Kier alpha value is -2.56. The van der Waals surface area contributed by atoms with Gasteiger partial charge in [-0.2, -0.15) is 4.31 Å². The molecule has 2 aromatic rings. The minimum atomic E-state index is -3.86. The number of amides is 1. The smallest absolute Gasteiger partial charge is 0.258 e. The molecule has 0 aromatic heterocycles. The quantitative estimate of drug-likeness (QED) is 0.697. The summed E-state index contributed by atoms with van der Waals surface area (Å²) in [5.41, 5.74) is 0.0848. The van der Waals surface area contributed by atoms with Crippen LogP contribution >= 0.6 is 0 Å². The number of carbonyl (C=O) groups is 1. The Morgan fingerprint density at radius 2 is 1.74 bits per heavy atom. The van der Waals surface area contributed by atoms with Crippen LogP contribution in [0.4, 0.5) is 20.2 Å². The summed E-state index contributed by atoms with van der Waals surface area (Å²) in [6.07, 6.45) is 0. The van der Waals surface area contributed by atoms with Gasteiger partial charge in [-0.15, -0.1) is 0 Å². The topological polar surface area (TPSA) is 79.0 Å². The average Bonchev–Trinajstić information content (AvgIpc) is 2.75. The van der Waals surface area contributed by atoms with Gasteiger partial charge < -0.3 is 15.0 Å². The van der Waals surface area contributed by atoms with Crippen LogP contribution in [0.5, 0.6) is 0 Å². The summed E-state index contributed by atoms with van der Waals surface area (Å²) in [7, 11) is -3.86. The minimum absolute atomic E-state index is 0.135. The van der Waals surface area contributed by atoms with Gasteiger partial charge in [0.25, 0.3) is 5.91 Å². The minimum Gasteiger partial charge on any atom is -0.378 e. The van der Waals surface area contributed by atoms with Crippen LogP contribution in [-0.2, 0) is 14.8 Å². The number of ether oxygens (including phenoxy) is 1. The molecule has 1 N–H and O–H groups in total. The largest absolute Gasteiger partial charge is 0.378 e. The molecule has 1 saturated heterocycles. The van der Waals surface area contributed by atoms with Crippen molar-refractivity contribution in [1.29, 1.82) is 0 Å². The van der Waals surface area contributed by atoms with Gasteiger partial charge in [-0.05, 0) is 36.4 Å². The van der Waals surface area contributed by atoms with E-state index in [0.29, 0.717) is 32.0 Å². The summed E-state index contributed by atoms with van der Waals surface area (Å²) in [6, 6.07) is 7.26. The monoisotopic (exact) mass is 453 g/mol. The highest BCUT2D eigenvalue weighted by Crippen LogP contribution is 2.25. The van der Waals surface area contributed by atoms with Gasteiger partial charge in [-0.1, -0.05) is 13.8 Å². The Balaban J connectivity index is 1.83. The predicted molar refractivity (Wildman–Crippen MR) is 114 cm³/mol. The molecule has 3 rings (SSSR count). The number of nitrogens with zero attached hydrogens (tertiary/aromatic N) is 2. The normalized spacial score (nSPS) is 14.7. The van der Waals surface area contributed by atoms with E-state index in [9.17, 15) is 22.0 Å². The average molecular weight is 454 g/mol. The van der Waals surface area contributed by atoms with E-state index in [1.807, 2.05) is 4.90 Å². The molecule has 10 heteroatoms. The molecule has 0 saturated carbocycles. The molecule has 168 valence electrons. The van der Waals surface area contributed by atoms with Crippen molar-refractivity contribution >= 4 is 27.3 Å². The van der Waals surface area contributed by atoms with Gasteiger partial charge in [-0.25, -0.2) is 17.2 Å².